The number of carbonyl (C=O) groups excluding carboxylic acids is 1. The standard InChI is InChI=1S/C15H19ClN2O3S/c16-11-4-8-13(9-5-11)22(20,21)18-10-2-1-3-14(18)15(19)17-12-6-7-12/h4-5,8-9,12,14H,1-3,6-7,10H2,(H,17,19)/t14-/m0/s1. The van der Waals surface area contributed by atoms with Gasteiger partial charge in [-0.2, -0.15) is 4.31 Å². The highest BCUT2D eigenvalue weighted by molar-refractivity contribution is 7.89. The third kappa shape index (κ3) is 3.29. The first kappa shape index (κ1) is 15.8. The van der Waals surface area contributed by atoms with Crippen molar-refractivity contribution in [2.75, 3.05) is 6.54 Å². The van der Waals surface area contributed by atoms with Gasteiger partial charge in [0.1, 0.15) is 6.04 Å². The zero-order valence-corrected chi connectivity index (χ0v) is 13.7. The molecule has 22 heavy (non-hydrogen) atoms. The van der Waals surface area contributed by atoms with Crippen molar-refractivity contribution in [1.29, 1.82) is 0 Å². The van der Waals surface area contributed by atoms with Crippen LogP contribution in [0.4, 0.5) is 0 Å². The molecule has 1 amide bonds. The summed E-state index contributed by atoms with van der Waals surface area (Å²) in [6, 6.07) is 5.71. The minimum atomic E-state index is -3.67. The van der Waals surface area contributed by atoms with Crippen LogP contribution < -0.4 is 5.32 Å². The van der Waals surface area contributed by atoms with Crippen molar-refractivity contribution in [2.45, 2.75) is 49.1 Å². The number of amides is 1. The molecule has 1 aliphatic heterocycles. The third-order valence-corrected chi connectivity index (χ3v) is 6.27. The summed E-state index contributed by atoms with van der Waals surface area (Å²) in [5, 5.41) is 3.41. The quantitative estimate of drug-likeness (QED) is 0.911. The molecule has 3 rings (SSSR count). The van der Waals surface area contributed by atoms with Crippen molar-refractivity contribution in [3.63, 3.8) is 0 Å². The molecule has 1 heterocycles. The zero-order valence-electron chi connectivity index (χ0n) is 12.2. The van der Waals surface area contributed by atoms with Crippen LogP contribution in [0, 0.1) is 0 Å². The summed E-state index contributed by atoms with van der Waals surface area (Å²) < 4.78 is 27.0. The Morgan fingerprint density at radius 3 is 2.45 bits per heavy atom. The lowest BCUT2D eigenvalue weighted by atomic mass is 10.0. The van der Waals surface area contributed by atoms with Crippen molar-refractivity contribution in [3.05, 3.63) is 29.3 Å². The van der Waals surface area contributed by atoms with Gasteiger partial charge in [-0.05, 0) is 49.9 Å². The van der Waals surface area contributed by atoms with Crippen LogP contribution in [-0.4, -0.2) is 37.3 Å². The van der Waals surface area contributed by atoms with E-state index >= 15 is 0 Å². The van der Waals surface area contributed by atoms with Gasteiger partial charge in [-0.1, -0.05) is 18.0 Å². The highest BCUT2D eigenvalue weighted by atomic mass is 35.5. The molecule has 0 spiro atoms. The number of benzene rings is 1. The molecule has 1 aromatic carbocycles. The maximum atomic E-state index is 12.8. The second-order valence-electron chi connectivity index (χ2n) is 5.86. The number of nitrogens with zero attached hydrogens (tertiary/aromatic N) is 1. The number of carbonyl (C=O) groups is 1. The van der Waals surface area contributed by atoms with E-state index in [4.69, 9.17) is 11.6 Å². The monoisotopic (exact) mass is 342 g/mol. The average Bonchev–Trinajstić information content (AvgIpc) is 3.31. The fourth-order valence-corrected chi connectivity index (χ4v) is 4.50. The Morgan fingerprint density at radius 1 is 1.14 bits per heavy atom. The third-order valence-electron chi connectivity index (χ3n) is 4.10. The Labute approximate surface area is 135 Å². The Hall–Kier alpha value is -1.11. The first-order valence-electron chi connectivity index (χ1n) is 7.56. The van der Waals surface area contributed by atoms with E-state index in [0.717, 1.165) is 25.7 Å². The van der Waals surface area contributed by atoms with Gasteiger partial charge in [0, 0.05) is 17.6 Å². The predicted molar refractivity (Wildman–Crippen MR) is 84.1 cm³/mol. The number of hydrogen-bond donors (Lipinski definition) is 1. The first-order valence-corrected chi connectivity index (χ1v) is 9.38. The van der Waals surface area contributed by atoms with Crippen LogP contribution in [0.5, 0.6) is 0 Å². The number of rotatable bonds is 4. The van der Waals surface area contributed by atoms with E-state index < -0.39 is 16.1 Å². The molecule has 0 aromatic heterocycles. The summed E-state index contributed by atoms with van der Waals surface area (Å²) in [6.07, 6.45) is 4.20. The topological polar surface area (TPSA) is 66.5 Å². The van der Waals surface area contributed by atoms with Crippen LogP contribution in [0.3, 0.4) is 0 Å². The van der Waals surface area contributed by atoms with Gasteiger partial charge < -0.3 is 5.32 Å². The van der Waals surface area contributed by atoms with Crippen LogP contribution in [-0.2, 0) is 14.8 Å². The molecule has 1 atom stereocenters. The van der Waals surface area contributed by atoms with E-state index in [-0.39, 0.29) is 16.8 Å². The normalized spacial score (nSPS) is 23.2. The highest BCUT2D eigenvalue weighted by Crippen LogP contribution is 2.27. The Balaban J connectivity index is 1.85. The van der Waals surface area contributed by atoms with Crippen LogP contribution in [0.2, 0.25) is 5.02 Å². The van der Waals surface area contributed by atoms with Crippen LogP contribution in [0.1, 0.15) is 32.1 Å². The van der Waals surface area contributed by atoms with E-state index in [9.17, 15) is 13.2 Å². The minimum Gasteiger partial charge on any atom is -0.352 e. The lowest BCUT2D eigenvalue weighted by molar-refractivity contribution is -0.125. The van der Waals surface area contributed by atoms with E-state index in [2.05, 4.69) is 5.32 Å². The molecule has 1 aromatic rings. The molecule has 7 heteroatoms. The fourth-order valence-electron chi connectivity index (χ4n) is 2.72. The maximum Gasteiger partial charge on any atom is 0.243 e. The maximum absolute atomic E-state index is 12.8. The van der Waals surface area contributed by atoms with Gasteiger partial charge in [-0.3, -0.25) is 4.79 Å². The van der Waals surface area contributed by atoms with Crippen LogP contribution >= 0.6 is 11.6 Å². The summed E-state index contributed by atoms with van der Waals surface area (Å²) in [4.78, 5) is 12.5. The number of nitrogens with one attached hydrogen (secondary N) is 1. The van der Waals surface area contributed by atoms with E-state index in [1.807, 2.05) is 0 Å². The number of piperidine rings is 1. The SMILES string of the molecule is O=C(NC1CC1)[C@@H]1CCCCN1S(=O)(=O)c1ccc(Cl)cc1. The first-order chi connectivity index (χ1) is 10.5. The van der Waals surface area contributed by atoms with Gasteiger partial charge >= 0.3 is 0 Å². The molecule has 5 nitrogen and oxygen atoms in total. The molecular weight excluding hydrogens is 324 g/mol. The smallest absolute Gasteiger partial charge is 0.243 e. The molecule has 2 aliphatic rings. The lowest BCUT2D eigenvalue weighted by Gasteiger charge is -2.33. The van der Waals surface area contributed by atoms with Gasteiger partial charge in [-0.25, -0.2) is 8.42 Å². The highest BCUT2D eigenvalue weighted by Gasteiger charge is 2.39. The summed E-state index contributed by atoms with van der Waals surface area (Å²) in [6.45, 7) is 0.383. The van der Waals surface area contributed by atoms with Gasteiger partial charge in [0.05, 0.1) is 4.90 Å². The van der Waals surface area contributed by atoms with E-state index in [0.29, 0.717) is 18.0 Å². The second-order valence-corrected chi connectivity index (χ2v) is 8.19. The molecular formula is C15H19ClN2O3S. The fraction of sp³-hybridized carbons (Fsp3) is 0.533. The van der Waals surface area contributed by atoms with Gasteiger partial charge in [0.15, 0.2) is 0 Å². The number of hydrogen-bond acceptors (Lipinski definition) is 3. The molecule has 0 unspecified atom stereocenters. The molecule has 1 saturated heterocycles. The number of sulfonamides is 1. The molecule has 0 bridgehead atoms. The van der Waals surface area contributed by atoms with Gasteiger partial charge in [-0.15, -0.1) is 0 Å². The van der Waals surface area contributed by atoms with Gasteiger partial charge in [0.2, 0.25) is 15.9 Å². The Bertz CT molecular complexity index is 656. The van der Waals surface area contributed by atoms with Crippen LogP contribution in [0.25, 0.3) is 0 Å². The average molecular weight is 343 g/mol. The summed E-state index contributed by atoms with van der Waals surface area (Å²) in [7, 11) is -3.67. The molecule has 1 N–H and O–H groups in total. The zero-order chi connectivity index (χ0) is 15.7. The predicted octanol–water partition coefficient (Wildman–Crippen LogP) is 2.16. The molecule has 120 valence electrons. The molecule has 2 fully saturated rings. The lowest BCUT2D eigenvalue weighted by Crippen LogP contribution is -2.52. The van der Waals surface area contributed by atoms with Gasteiger partial charge in [0.25, 0.3) is 0 Å². The van der Waals surface area contributed by atoms with Crippen molar-refractivity contribution in [1.82, 2.24) is 9.62 Å². The Kier molecular flexibility index (Phi) is 4.43. The number of halogens is 1. The summed E-state index contributed by atoms with van der Waals surface area (Å²) in [5.74, 6) is -0.167. The Morgan fingerprint density at radius 2 is 1.82 bits per heavy atom. The largest absolute Gasteiger partial charge is 0.352 e. The van der Waals surface area contributed by atoms with Crippen molar-refractivity contribution >= 4 is 27.5 Å². The summed E-state index contributed by atoms with van der Waals surface area (Å²) in [5.41, 5.74) is 0. The second kappa shape index (κ2) is 6.18. The molecule has 0 radical (unpaired) electrons. The van der Waals surface area contributed by atoms with Crippen molar-refractivity contribution < 1.29 is 13.2 Å². The minimum absolute atomic E-state index is 0.167. The summed E-state index contributed by atoms with van der Waals surface area (Å²) >= 11 is 5.82. The molecule has 1 saturated carbocycles. The van der Waals surface area contributed by atoms with E-state index in [1.54, 1.807) is 12.1 Å². The van der Waals surface area contributed by atoms with Crippen LogP contribution in [0.15, 0.2) is 29.2 Å². The van der Waals surface area contributed by atoms with E-state index in [1.165, 1.54) is 16.4 Å². The molecule has 1 aliphatic carbocycles. The van der Waals surface area contributed by atoms with Crippen molar-refractivity contribution in [2.24, 2.45) is 0 Å². The van der Waals surface area contributed by atoms with Crippen molar-refractivity contribution in [3.8, 4) is 0 Å².